The van der Waals surface area contributed by atoms with Crippen LogP contribution in [-0.4, -0.2) is 75.2 Å². The predicted molar refractivity (Wildman–Crippen MR) is 113 cm³/mol. The molecular formula is C19H24ClN5O3S. The van der Waals surface area contributed by atoms with Crippen molar-refractivity contribution in [1.82, 2.24) is 14.3 Å². The largest absolute Gasteiger partial charge is 0.378 e. The van der Waals surface area contributed by atoms with Crippen LogP contribution < -0.4 is 9.80 Å². The second kappa shape index (κ2) is 8.83. The first-order chi connectivity index (χ1) is 14.0. The monoisotopic (exact) mass is 437 g/mol. The van der Waals surface area contributed by atoms with Crippen molar-refractivity contribution in [3.05, 3.63) is 47.2 Å². The number of hydrogen-bond donors (Lipinski definition) is 0. The van der Waals surface area contributed by atoms with E-state index in [1.807, 2.05) is 6.07 Å². The maximum absolute atomic E-state index is 12.8. The first kappa shape index (κ1) is 20.3. The van der Waals surface area contributed by atoms with E-state index in [1.165, 1.54) is 0 Å². The third-order valence-electron chi connectivity index (χ3n) is 5.19. The van der Waals surface area contributed by atoms with Gasteiger partial charge in [-0.05, 0) is 17.7 Å². The minimum absolute atomic E-state index is 0.0150. The van der Waals surface area contributed by atoms with E-state index in [1.54, 1.807) is 34.9 Å². The summed E-state index contributed by atoms with van der Waals surface area (Å²) in [6, 6.07) is 8.91. The van der Waals surface area contributed by atoms with Crippen molar-refractivity contribution in [2.75, 3.05) is 62.3 Å². The van der Waals surface area contributed by atoms with Gasteiger partial charge in [-0.25, -0.2) is 18.4 Å². The molecule has 0 spiro atoms. The number of ether oxygens (including phenoxy) is 1. The van der Waals surface area contributed by atoms with Gasteiger partial charge in [0.1, 0.15) is 18.0 Å². The van der Waals surface area contributed by atoms with Crippen LogP contribution in [-0.2, 0) is 20.5 Å². The normalized spacial score (nSPS) is 18.8. The average Bonchev–Trinajstić information content (AvgIpc) is 2.76. The fourth-order valence-electron chi connectivity index (χ4n) is 3.55. The van der Waals surface area contributed by atoms with Gasteiger partial charge < -0.3 is 14.5 Å². The molecule has 29 heavy (non-hydrogen) atoms. The van der Waals surface area contributed by atoms with Gasteiger partial charge in [-0.2, -0.15) is 4.31 Å². The number of benzene rings is 1. The summed E-state index contributed by atoms with van der Waals surface area (Å²) in [6.07, 6.45) is 1.57. The number of halogens is 1. The lowest BCUT2D eigenvalue weighted by molar-refractivity contribution is 0.122. The van der Waals surface area contributed by atoms with E-state index in [2.05, 4.69) is 19.8 Å². The van der Waals surface area contributed by atoms with Gasteiger partial charge in [-0.1, -0.05) is 23.7 Å². The van der Waals surface area contributed by atoms with Crippen LogP contribution >= 0.6 is 11.6 Å². The SMILES string of the molecule is O=S(=O)(Cc1ccc(Cl)cc1)N1CCN(c2cc(N3CCOCC3)ncn2)CC1. The van der Waals surface area contributed by atoms with Crippen LogP contribution in [0.1, 0.15) is 5.56 Å². The molecule has 1 aromatic heterocycles. The number of piperazine rings is 1. The second-order valence-electron chi connectivity index (χ2n) is 7.10. The molecule has 2 fully saturated rings. The zero-order valence-corrected chi connectivity index (χ0v) is 17.6. The summed E-state index contributed by atoms with van der Waals surface area (Å²) in [5.41, 5.74) is 0.739. The Labute approximate surface area is 176 Å². The van der Waals surface area contributed by atoms with Gasteiger partial charge in [0.2, 0.25) is 10.0 Å². The fourth-order valence-corrected chi connectivity index (χ4v) is 5.20. The van der Waals surface area contributed by atoms with Crippen molar-refractivity contribution in [1.29, 1.82) is 0 Å². The highest BCUT2D eigenvalue weighted by atomic mass is 35.5. The van der Waals surface area contributed by atoms with Gasteiger partial charge in [0.15, 0.2) is 0 Å². The first-order valence-electron chi connectivity index (χ1n) is 9.63. The summed E-state index contributed by atoms with van der Waals surface area (Å²) in [7, 11) is -3.37. The van der Waals surface area contributed by atoms with Gasteiger partial charge in [0.05, 0.1) is 19.0 Å². The average molecular weight is 438 g/mol. The fraction of sp³-hybridized carbons (Fsp3) is 0.474. The Bertz CT molecular complexity index is 927. The summed E-state index contributed by atoms with van der Waals surface area (Å²) in [4.78, 5) is 13.1. The van der Waals surface area contributed by atoms with E-state index in [0.717, 1.165) is 30.3 Å². The van der Waals surface area contributed by atoms with Crippen molar-refractivity contribution in [3.8, 4) is 0 Å². The van der Waals surface area contributed by atoms with Crippen LogP contribution in [0.25, 0.3) is 0 Å². The number of nitrogens with zero attached hydrogens (tertiary/aromatic N) is 5. The van der Waals surface area contributed by atoms with E-state index in [9.17, 15) is 8.42 Å². The molecule has 2 aliphatic rings. The van der Waals surface area contributed by atoms with Gasteiger partial charge >= 0.3 is 0 Å². The molecule has 0 bridgehead atoms. The summed E-state index contributed by atoms with van der Waals surface area (Å²) in [5.74, 6) is 1.70. The molecule has 0 radical (unpaired) electrons. The quantitative estimate of drug-likeness (QED) is 0.703. The minimum atomic E-state index is -3.37. The van der Waals surface area contributed by atoms with Crippen molar-refractivity contribution < 1.29 is 13.2 Å². The molecule has 4 rings (SSSR count). The smallest absolute Gasteiger partial charge is 0.218 e. The molecule has 1 aromatic carbocycles. The Hall–Kier alpha value is -1.94. The molecule has 0 atom stereocenters. The summed E-state index contributed by atoms with van der Waals surface area (Å²) in [6.45, 7) is 5.09. The lowest BCUT2D eigenvalue weighted by atomic mass is 10.2. The highest BCUT2D eigenvalue weighted by Crippen LogP contribution is 2.21. The van der Waals surface area contributed by atoms with Crippen molar-refractivity contribution in [2.24, 2.45) is 0 Å². The number of morpholine rings is 1. The molecule has 2 aromatic rings. The first-order valence-corrected chi connectivity index (χ1v) is 11.6. The number of sulfonamides is 1. The Balaban J connectivity index is 1.38. The molecule has 0 N–H and O–H groups in total. The lowest BCUT2D eigenvalue weighted by Gasteiger charge is -2.35. The molecule has 0 unspecified atom stereocenters. The van der Waals surface area contributed by atoms with Crippen LogP contribution in [0.3, 0.4) is 0 Å². The third kappa shape index (κ3) is 4.98. The molecule has 156 valence electrons. The zero-order valence-electron chi connectivity index (χ0n) is 16.1. The molecule has 3 heterocycles. The highest BCUT2D eigenvalue weighted by Gasteiger charge is 2.28. The van der Waals surface area contributed by atoms with Crippen LogP contribution in [0, 0.1) is 0 Å². The zero-order chi connectivity index (χ0) is 20.3. The van der Waals surface area contributed by atoms with Crippen LogP contribution in [0.15, 0.2) is 36.7 Å². The van der Waals surface area contributed by atoms with Crippen LogP contribution in [0.4, 0.5) is 11.6 Å². The summed E-state index contributed by atoms with van der Waals surface area (Å²) >= 11 is 5.88. The molecular weight excluding hydrogens is 414 g/mol. The van der Waals surface area contributed by atoms with E-state index < -0.39 is 10.0 Å². The van der Waals surface area contributed by atoms with E-state index >= 15 is 0 Å². The van der Waals surface area contributed by atoms with Crippen molar-refractivity contribution in [2.45, 2.75) is 5.75 Å². The molecule has 0 aliphatic carbocycles. The lowest BCUT2D eigenvalue weighted by Crippen LogP contribution is -2.49. The van der Waals surface area contributed by atoms with Crippen molar-refractivity contribution in [3.63, 3.8) is 0 Å². The maximum atomic E-state index is 12.8. The van der Waals surface area contributed by atoms with Crippen LogP contribution in [0.2, 0.25) is 5.02 Å². The molecule has 2 saturated heterocycles. The predicted octanol–water partition coefficient (Wildman–Crippen LogP) is 1.62. The number of anilines is 2. The molecule has 0 amide bonds. The van der Waals surface area contributed by atoms with Crippen LogP contribution in [0.5, 0.6) is 0 Å². The molecule has 2 aliphatic heterocycles. The number of hydrogen-bond acceptors (Lipinski definition) is 7. The minimum Gasteiger partial charge on any atom is -0.378 e. The van der Waals surface area contributed by atoms with Gasteiger partial charge in [0.25, 0.3) is 0 Å². The Morgan fingerprint density at radius 3 is 2.10 bits per heavy atom. The number of rotatable bonds is 5. The van der Waals surface area contributed by atoms with Gasteiger partial charge in [0, 0.05) is 50.4 Å². The van der Waals surface area contributed by atoms with Gasteiger partial charge in [-0.3, -0.25) is 0 Å². The topological polar surface area (TPSA) is 78.9 Å². The molecule has 0 saturated carbocycles. The molecule has 8 nitrogen and oxygen atoms in total. The Morgan fingerprint density at radius 1 is 0.897 bits per heavy atom. The van der Waals surface area contributed by atoms with E-state index in [0.29, 0.717) is 44.4 Å². The van der Waals surface area contributed by atoms with Crippen molar-refractivity contribution >= 4 is 33.3 Å². The summed E-state index contributed by atoms with van der Waals surface area (Å²) in [5, 5.41) is 0.598. The Morgan fingerprint density at radius 2 is 1.48 bits per heavy atom. The Kier molecular flexibility index (Phi) is 6.19. The number of aromatic nitrogens is 2. The second-order valence-corrected chi connectivity index (χ2v) is 9.51. The molecule has 10 heteroatoms. The highest BCUT2D eigenvalue weighted by molar-refractivity contribution is 7.88. The standard InChI is InChI=1S/C19H24ClN5O3S/c20-17-3-1-16(2-4-17)14-29(26,27)25-7-5-23(6-8-25)18-13-19(22-15-21-18)24-9-11-28-12-10-24/h1-4,13,15H,5-12,14H2. The maximum Gasteiger partial charge on any atom is 0.218 e. The van der Waals surface area contributed by atoms with E-state index in [-0.39, 0.29) is 5.75 Å². The summed E-state index contributed by atoms with van der Waals surface area (Å²) < 4.78 is 32.5. The van der Waals surface area contributed by atoms with Gasteiger partial charge in [-0.15, -0.1) is 0 Å². The third-order valence-corrected chi connectivity index (χ3v) is 7.29. The van der Waals surface area contributed by atoms with E-state index in [4.69, 9.17) is 16.3 Å².